The first-order chi connectivity index (χ1) is 8.70. The van der Waals surface area contributed by atoms with Crippen molar-refractivity contribution < 1.29 is 4.74 Å². The number of imidazole rings is 1. The maximum absolute atomic E-state index is 5.76. The van der Waals surface area contributed by atoms with E-state index in [2.05, 4.69) is 36.8 Å². The van der Waals surface area contributed by atoms with E-state index in [9.17, 15) is 0 Å². The summed E-state index contributed by atoms with van der Waals surface area (Å²) in [7, 11) is 0. The lowest BCUT2D eigenvalue weighted by molar-refractivity contribution is 0.294. The van der Waals surface area contributed by atoms with Crippen LogP contribution in [-0.4, -0.2) is 16.2 Å². The molecule has 4 nitrogen and oxygen atoms in total. The molecule has 6 heteroatoms. The lowest BCUT2D eigenvalue weighted by Gasteiger charge is -2.12. The Balaban J connectivity index is 2.01. The summed E-state index contributed by atoms with van der Waals surface area (Å²) in [5.41, 5.74) is 6.66. The van der Waals surface area contributed by atoms with Crippen molar-refractivity contribution in [3.8, 4) is 5.75 Å². The zero-order valence-corrected chi connectivity index (χ0v) is 12.8. The van der Waals surface area contributed by atoms with Gasteiger partial charge in [0.15, 0.2) is 0 Å². The van der Waals surface area contributed by atoms with Gasteiger partial charge >= 0.3 is 0 Å². The molecule has 2 rings (SSSR count). The summed E-state index contributed by atoms with van der Waals surface area (Å²) in [5.74, 6) is 0.798. The topological polar surface area (TPSA) is 53.1 Å². The maximum Gasteiger partial charge on any atom is 0.147 e. The molecule has 0 saturated heterocycles. The lowest BCUT2D eigenvalue weighted by Crippen LogP contribution is -2.07. The first-order valence-electron chi connectivity index (χ1n) is 5.47. The Labute approximate surface area is 122 Å². The van der Waals surface area contributed by atoms with Crippen molar-refractivity contribution >= 4 is 31.9 Å². The Morgan fingerprint density at radius 1 is 1.28 bits per heavy atom. The van der Waals surface area contributed by atoms with Gasteiger partial charge in [-0.05, 0) is 49.6 Å². The smallest absolute Gasteiger partial charge is 0.147 e. The van der Waals surface area contributed by atoms with Crippen LogP contribution in [0.2, 0.25) is 0 Å². The number of nitrogens with zero attached hydrogens (tertiary/aromatic N) is 2. The van der Waals surface area contributed by atoms with Gasteiger partial charge in [-0.2, -0.15) is 0 Å². The zero-order valence-electron chi connectivity index (χ0n) is 9.64. The van der Waals surface area contributed by atoms with Crippen LogP contribution in [-0.2, 0) is 13.1 Å². The SMILES string of the molecule is NCc1cc(Br)c(OCCn2ccnc2)c(Br)c1. The fraction of sp³-hybridized carbons (Fsp3) is 0.250. The van der Waals surface area contributed by atoms with Gasteiger partial charge < -0.3 is 15.0 Å². The van der Waals surface area contributed by atoms with Gasteiger partial charge in [0.25, 0.3) is 0 Å². The molecule has 0 aliphatic heterocycles. The van der Waals surface area contributed by atoms with Crippen LogP contribution in [0.5, 0.6) is 5.75 Å². The average Bonchev–Trinajstić information content (AvgIpc) is 2.85. The van der Waals surface area contributed by atoms with Crippen molar-refractivity contribution in [2.75, 3.05) is 6.61 Å². The molecule has 1 aromatic heterocycles. The van der Waals surface area contributed by atoms with Gasteiger partial charge in [-0.25, -0.2) is 4.98 Å². The summed E-state index contributed by atoms with van der Waals surface area (Å²) >= 11 is 6.98. The van der Waals surface area contributed by atoms with Crippen LogP contribution < -0.4 is 10.5 Å². The quantitative estimate of drug-likeness (QED) is 0.875. The van der Waals surface area contributed by atoms with Gasteiger partial charge in [-0.3, -0.25) is 0 Å². The molecule has 0 atom stereocenters. The highest BCUT2D eigenvalue weighted by molar-refractivity contribution is 9.11. The highest BCUT2D eigenvalue weighted by atomic mass is 79.9. The lowest BCUT2D eigenvalue weighted by atomic mass is 10.2. The van der Waals surface area contributed by atoms with E-state index in [1.54, 1.807) is 12.5 Å². The first kappa shape index (κ1) is 13.6. The minimum atomic E-state index is 0.506. The third-order valence-electron chi connectivity index (χ3n) is 2.45. The minimum Gasteiger partial charge on any atom is -0.489 e. The molecule has 0 aliphatic carbocycles. The van der Waals surface area contributed by atoms with Crippen molar-refractivity contribution in [3.63, 3.8) is 0 Å². The summed E-state index contributed by atoms with van der Waals surface area (Å²) in [6.07, 6.45) is 5.43. The average molecular weight is 375 g/mol. The van der Waals surface area contributed by atoms with E-state index in [-0.39, 0.29) is 0 Å². The summed E-state index contributed by atoms with van der Waals surface area (Å²) in [4.78, 5) is 3.98. The van der Waals surface area contributed by atoms with Gasteiger partial charge in [0, 0.05) is 18.9 Å². The molecule has 0 fully saturated rings. The number of hydrogen-bond acceptors (Lipinski definition) is 3. The van der Waals surface area contributed by atoms with Crippen LogP contribution in [0.3, 0.4) is 0 Å². The highest BCUT2D eigenvalue weighted by Crippen LogP contribution is 2.34. The largest absolute Gasteiger partial charge is 0.489 e. The van der Waals surface area contributed by atoms with Crippen LogP contribution >= 0.6 is 31.9 Å². The molecule has 0 saturated carbocycles. The fourth-order valence-corrected chi connectivity index (χ4v) is 3.05. The molecule has 18 heavy (non-hydrogen) atoms. The van der Waals surface area contributed by atoms with Crippen molar-refractivity contribution in [2.24, 2.45) is 5.73 Å². The first-order valence-corrected chi connectivity index (χ1v) is 7.06. The Kier molecular flexibility index (Phi) is 4.79. The molecule has 1 heterocycles. The fourth-order valence-electron chi connectivity index (χ4n) is 1.54. The van der Waals surface area contributed by atoms with Gasteiger partial charge in [-0.15, -0.1) is 0 Å². The number of benzene rings is 1. The molecule has 96 valence electrons. The molecule has 0 aliphatic rings. The molecular formula is C12H13Br2N3O. The molecule has 0 bridgehead atoms. The van der Waals surface area contributed by atoms with E-state index < -0.39 is 0 Å². The number of nitrogens with two attached hydrogens (primary N) is 1. The van der Waals surface area contributed by atoms with E-state index in [1.165, 1.54) is 0 Å². The van der Waals surface area contributed by atoms with Crippen molar-refractivity contribution in [1.82, 2.24) is 9.55 Å². The van der Waals surface area contributed by atoms with Crippen molar-refractivity contribution in [3.05, 3.63) is 45.4 Å². The molecule has 0 radical (unpaired) electrons. The van der Waals surface area contributed by atoms with Gasteiger partial charge in [0.2, 0.25) is 0 Å². The number of halogens is 2. The Morgan fingerprint density at radius 2 is 2.00 bits per heavy atom. The van der Waals surface area contributed by atoms with Crippen LogP contribution in [0.25, 0.3) is 0 Å². The minimum absolute atomic E-state index is 0.506. The summed E-state index contributed by atoms with van der Waals surface area (Å²) in [6, 6.07) is 3.94. The van der Waals surface area contributed by atoms with Gasteiger partial charge in [0.05, 0.1) is 21.8 Å². The predicted octanol–water partition coefficient (Wildman–Crippen LogP) is 2.95. The molecule has 2 N–H and O–H groups in total. The van der Waals surface area contributed by atoms with Crippen molar-refractivity contribution in [2.45, 2.75) is 13.1 Å². The molecule has 1 aromatic carbocycles. The predicted molar refractivity (Wildman–Crippen MR) is 77.5 cm³/mol. The normalized spacial score (nSPS) is 10.6. The highest BCUT2D eigenvalue weighted by Gasteiger charge is 2.08. The van der Waals surface area contributed by atoms with Crippen LogP contribution in [0.4, 0.5) is 0 Å². The molecule has 0 unspecified atom stereocenters. The Bertz CT molecular complexity index is 491. The van der Waals surface area contributed by atoms with Crippen LogP contribution in [0.15, 0.2) is 39.8 Å². The van der Waals surface area contributed by atoms with Gasteiger partial charge in [-0.1, -0.05) is 0 Å². The number of ether oxygens (including phenoxy) is 1. The van der Waals surface area contributed by atoms with Gasteiger partial charge in [0.1, 0.15) is 12.4 Å². The van der Waals surface area contributed by atoms with E-state index in [1.807, 2.05) is 22.9 Å². The van der Waals surface area contributed by atoms with Crippen LogP contribution in [0.1, 0.15) is 5.56 Å². The number of rotatable bonds is 5. The summed E-state index contributed by atoms with van der Waals surface area (Å²) in [5, 5.41) is 0. The standard InChI is InChI=1S/C12H13Br2N3O/c13-10-5-9(7-15)6-11(14)12(10)18-4-3-17-2-1-16-8-17/h1-2,5-6,8H,3-4,7,15H2. The monoisotopic (exact) mass is 373 g/mol. The maximum atomic E-state index is 5.76. The molecule has 0 amide bonds. The summed E-state index contributed by atoms with van der Waals surface area (Å²) in [6.45, 7) is 1.85. The second-order valence-electron chi connectivity index (χ2n) is 3.74. The van der Waals surface area contributed by atoms with E-state index in [0.29, 0.717) is 13.2 Å². The second kappa shape index (κ2) is 6.36. The Hall–Kier alpha value is -0.850. The third-order valence-corrected chi connectivity index (χ3v) is 3.63. The molecule has 0 spiro atoms. The zero-order chi connectivity index (χ0) is 13.0. The van der Waals surface area contributed by atoms with E-state index in [4.69, 9.17) is 10.5 Å². The Morgan fingerprint density at radius 3 is 2.56 bits per heavy atom. The number of aromatic nitrogens is 2. The van der Waals surface area contributed by atoms with Crippen molar-refractivity contribution in [1.29, 1.82) is 0 Å². The second-order valence-corrected chi connectivity index (χ2v) is 5.45. The molecular weight excluding hydrogens is 362 g/mol. The van der Waals surface area contributed by atoms with E-state index in [0.717, 1.165) is 26.8 Å². The summed E-state index contributed by atoms with van der Waals surface area (Å²) < 4.78 is 9.54. The third kappa shape index (κ3) is 3.34. The molecule has 2 aromatic rings. The number of hydrogen-bond donors (Lipinski definition) is 1. The van der Waals surface area contributed by atoms with Crippen LogP contribution in [0, 0.1) is 0 Å². The van der Waals surface area contributed by atoms with E-state index >= 15 is 0 Å².